The van der Waals surface area contributed by atoms with Crippen molar-refractivity contribution in [1.82, 2.24) is 14.5 Å². The van der Waals surface area contributed by atoms with Gasteiger partial charge < -0.3 is 19.9 Å². The van der Waals surface area contributed by atoms with Gasteiger partial charge in [-0.2, -0.15) is 0 Å². The molecule has 0 radical (unpaired) electrons. The molecule has 2 aromatic heterocycles. The average molecular weight is 577 g/mol. The molecule has 0 saturated heterocycles. The van der Waals surface area contributed by atoms with E-state index in [1.807, 2.05) is 30.5 Å². The standard InChI is InChI=1S/C41H28N4/c42-36-15-7-4-14-33(36)37-23-20-28(26-43-37)27-18-21-30(22-19-27)45-39-17-9-6-13-32(39)35-24-40-34(25-41(35)45)31-12-5-8-16-38(31)44(40)29-10-2-1-3-11-29/h1-26,42-43H/b37-33-,42-36?. The van der Waals surface area contributed by atoms with E-state index in [4.69, 9.17) is 5.41 Å². The van der Waals surface area contributed by atoms with Crippen molar-refractivity contribution in [3.8, 4) is 11.4 Å². The van der Waals surface area contributed by atoms with Crippen LogP contribution in [-0.2, 0) is 0 Å². The smallest absolute Gasteiger partial charge is 0.0633 e. The number of hydrogen-bond acceptors (Lipinski definition) is 2. The van der Waals surface area contributed by atoms with Crippen molar-refractivity contribution in [3.05, 3.63) is 175 Å². The molecule has 0 unspecified atom stereocenters. The number of dihydropyridines is 1. The molecule has 7 aromatic rings. The molecular formula is C41H28N4. The number of nitrogens with one attached hydrogen (secondary N) is 2. The fraction of sp³-hybridized carbons (Fsp3) is 0. The number of aromatic nitrogens is 2. The molecule has 1 aliphatic carbocycles. The molecule has 4 heteroatoms. The zero-order valence-electron chi connectivity index (χ0n) is 24.4. The fourth-order valence-corrected chi connectivity index (χ4v) is 6.86. The second-order valence-electron chi connectivity index (χ2n) is 11.5. The Kier molecular flexibility index (Phi) is 5.62. The summed E-state index contributed by atoms with van der Waals surface area (Å²) in [7, 11) is 0. The summed E-state index contributed by atoms with van der Waals surface area (Å²) in [4.78, 5) is 0. The monoisotopic (exact) mass is 576 g/mol. The van der Waals surface area contributed by atoms with Gasteiger partial charge in [-0.25, -0.2) is 0 Å². The van der Waals surface area contributed by atoms with Crippen LogP contribution < -0.4 is 5.32 Å². The van der Waals surface area contributed by atoms with E-state index in [-0.39, 0.29) is 0 Å². The first kappa shape index (κ1) is 25.4. The van der Waals surface area contributed by atoms with E-state index in [9.17, 15) is 0 Å². The number of benzene rings is 5. The lowest BCUT2D eigenvalue weighted by atomic mass is 9.99. The Morgan fingerprint density at radius 1 is 0.489 bits per heavy atom. The predicted molar refractivity (Wildman–Crippen MR) is 188 cm³/mol. The van der Waals surface area contributed by atoms with Crippen LogP contribution in [0, 0.1) is 5.41 Å². The Labute approximate surface area is 260 Å². The summed E-state index contributed by atoms with van der Waals surface area (Å²) in [6, 6.07) is 41.6. The Morgan fingerprint density at radius 2 is 1.07 bits per heavy atom. The zero-order valence-corrected chi connectivity index (χ0v) is 24.4. The van der Waals surface area contributed by atoms with Gasteiger partial charge in [0.2, 0.25) is 0 Å². The van der Waals surface area contributed by atoms with E-state index < -0.39 is 0 Å². The fourth-order valence-electron chi connectivity index (χ4n) is 6.86. The van der Waals surface area contributed by atoms with Gasteiger partial charge in [-0.15, -0.1) is 0 Å². The van der Waals surface area contributed by atoms with Gasteiger partial charge in [0.05, 0.1) is 27.8 Å². The van der Waals surface area contributed by atoms with Crippen molar-refractivity contribution in [1.29, 1.82) is 5.41 Å². The lowest BCUT2D eigenvalue weighted by Gasteiger charge is -2.16. The van der Waals surface area contributed by atoms with E-state index in [1.165, 1.54) is 43.6 Å². The zero-order chi connectivity index (χ0) is 29.9. The van der Waals surface area contributed by atoms with Gasteiger partial charge in [0.15, 0.2) is 0 Å². The topological polar surface area (TPSA) is 45.7 Å². The number of para-hydroxylation sites is 3. The highest BCUT2D eigenvalue weighted by molar-refractivity contribution is 6.19. The van der Waals surface area contributed by atoms with Crippen LogP contribution in [0.15, 0.2) is 169 Å². The number of allylic oxidation sites excluding steroid dienone is 8. The van der Waals surface area contributed by atoms with Gasteiger partial charge in [-0.1, -0.05) is 91.0 Å². The van der Waals surface area contributed by atoms with Crippen LogP contribution in [0.2, 0.25) is 0 Å². The van der Waals surface area contributed by atoms with E-state index in [1.54, 1.807) is 0 Å². The third-order valence-corrected chi connectivity index (χ3v) is 8.97. The molecule has 0 amide bonds. The molecule has 212 valence electrons. The van der Waals surface area contributed by atoms with Crippen molar-refractivity contribution in [3.63, 3.8) is 0 Å². The maximum Gasteiger partial charge on any atom is 0.0633 e. The minimum absolute atomic E-state index is 0.513. The van der Waals surface area contributed by atoms with Gasteiger partial charge in [0, 0.05) is 50.4 Å². The molecule has 0 atom stereocenters. The summed E-state index contributed by atoms with van der Waals surface area (Å²) in [6.45, 7) is 0. The molecule has 0 spiro atoms. The Hall–Kier alpha value is -6.13. The van der Waals surface area contributed by atoms with Crippen molar-refractivity contribution in [2.75, 3.05) is 0 Å². The molecule has 2 N–H and O–H groups in total. The second kappa shape index (κ2) is 9.97. The number of hydrogen-bond donors (Lipinski definition) is 2. The van der Waals surface area contributed by atoms with Crippen LogP contribution in [0.5, 0.6) is 0 Å². The van der Waals surface area contributed by atoms with Gasteiger partial charge in [-0.05, 0) is 71.8 Å². The van der Waals surface area contributed by atoms with E-state index in [0.717, 1.165) is 33.8 Å². The Balaban J connectivity index is 1.18. The van der Waals surface area contributed by atoms with Gasteiger partial charge in [0.1, 0.15) is 0 Å². The normalized spacial score (nSPS) is 16.3. The Bertz CT molecular complexity index is 2490. The number of rotatable bonds is 3. The molecule has 2 aliphatic rings. The minimum atomic E-state index is 0.513. The molecule has 0 bridgehead atoms. The first-order valence-corrected chi connectivity index (χ1v) is 15.2. The highest BCUT2D eigenvalue weighted by atomic mass is 15.0. The SMILES string of the molecule is N=C1C=CC=C/C1=C1\C=CC(c2ccc(-n3c4ccccc4c4cc5c(cc43)c3ccccc3n5-c3ccccc3)cc2)=CN1. The summed E-state index contributed by atoms with van der Waals surface area (Å²) >= 11 is 0. The lowest BCUT2D eigenvalue weighted by molar-refractivity contribution is 1.09. The van der Waals surface area contributed by atoms with Crippen LogP contribution in [0.25, 0.3) is 60.6 Å². The van der Waals surface area contributed by atoms with E-state index in [2.05, 4.69) is 142 Å². The molecule has 0 saturated carbocycles. The first-order valence-electron chi connectivity index (χ1n) is 15.2. The van der Waals surface area contributed by atoms with Gasteiger partial charge >= 0.3 is 0 Å². The molecule has 4 nitrogen and oxygen atoms in total. The maximum absolute atomic E-state index is 8.23. The molecule has 45 heavy (non-hydrogen) atoms. The highest BCUT2D eigenvalue weighted by Gasteiger charge is 2.18. The predicted octanol–water partition coefficient (Wildman–Crippen LogP) is 9.78. The molecule has 3 heterocycles. The van der Waals surface area contributed by atoms with Crippen molar-refractivity contribution >= 4 is 54.9 Å². The largest absolute Gasteiger partial charge is 0.361 e. The number of nitrogens with zero attached hydrogens (tertiary/aromatic N) is 2. The molecular weight excluding hydrogens is 548 g/mol. The molecule has 0 fully saturated rings. The maximum atomic E-state index is 8.23. The van der Waals surface area contributed by atoms with Crippen molar-refractivity contribution in [2.45, 2.75) is 0 Å². The third kappa shape index (κ3) is 3.96. The lowest BCUT2D eigenvalue weighted by Crippen LogP contribution is -2.14. The summed E-state index contributed by atoms with van der Waals surface area (Å²) in [5.41, 5.74) is 11.7. The van der Waals surface area contributed by atoms with Crippen molar-refractivity contribution in [2.24, 2.45) is 0 Å². The summed E-state index contributed by atoms with van der Waals surface area (Å²) in [5.74, 6) is 0. The molecule has 1 aliphatic heterocycles. The van der Waals surface area contributed by atoms with Crippen LogP contribution in [0.4, 0.5) is 0 Å². The van der Waals surface area contributed by atoms with Crippen LogP contribution in [-0.4, -0.2) is 14.8 Å². The third-order valence-electron chi connectivity index (χ3n) is 8.97. The van der Waals surface area contributed by atoms with Crippen LogP contribution in [0.1, 0.15) is 5.56 Å². The Morgan fingerprint density at radius 3 is 1.67 bits per heavy atom. The number of fused-ring (bicyclic) bond motifs is 6. The van der Waals surface area contributed by atoms with Crippen molar-refractivity contribution < 1.29 is 0 Å². The quantitative estimate of drug-likeness (QED) is 0.216. The van der Waals surface area contributed by atoms with Gasteiger partial charge in [0.25, 0.3) is 0 Å². The molecule has 5 aromatic carbocycles. The van der Waals surface area contributed by atoms with Crippen LogP contribution in [0.3, 0.4) is 0 Å². The second-order valence-corrected chi connectivity index (χ2v) is 11.5. The van der Waals surface area contributed by atoms with Crippen LogP contribution >= 0.6 is 0 Å². The van der Waals surface area contributed by atoms with E-state index in [0.29, 0.717) is 5.71 Å². The summed E-state index contributed by atoms with van der Waals surface area (Å²) in [6.07, 6.45) is 13.8. The van der Waals surface area contributed by atoms with Gasteiger partial charge in [-0.3, -0.25) is 0 Å². The first-order chi connectivity index (χ1) is 22.2. The summed E-state index contributed by atoms with van der Waals surface area (Å²) < 4.78 is 4.78. The minimum Gasteiger partial charge on any atom is -0.361 e. The molecule has 9 rings (SSSR count). The van der Waals surface area contributed by atoms with E-state index >= 15 is 0 Å². The average Bonchev–Trinajstić information content (AvgIpc) is 3.60. The summed E-state index contributed by atoms with van der Waals surface area (Å²) in [5, 5.41) is 16.6. The highest BCUT2D eigenvalue weighted by Crippen LogP contribution is 2.39.